The van der Waals surface area contributed by atoms with Crippen molar-refractivity contribution in [3.63, 3.8) is 0 Å². The van der Waals surface area contributed by atoms with E-state index in [1.54, 1.807) is 12.1 Å². The van der Waals surface area contributed by atoms with Crippen molar-refractivity contribution in [2.45, 2.75) is 65.0 Å². The fourth-order valence-corrected chi connectivity index (χ4v) is 4.74. The minimum atomic E-state index is -0.759. The Kier molecular flexibility index (Phi) is 6.41. The highest BCUT2D eigenvalue weighted by molar-refractivity contribution is 6.07. The number of carbonyl (C=O) groups is 2. The maximum atomic E-state index is 13.9. The lowest BCUT2D eigenvalue weighted by Crippen LogP contribution is -2.51. The summed E-state index contributed by atoms with van der Waals surface area (Å²) in [7, 11) is 3.24. The summed E-state index contributed by atoms with van der Waals surface area (Å²) < 4.78 is 18.9. The van der Waals surface area contributed by atoms with E-state index in [9.17, 15) is 14.0 Å². The van der Waals surface area contributed by atoms with Gasteiger partial charge in [-0.15, -0.1) is 0 Å². The molecule has 2 aliphatic rings. The monoisotopic (exact) mass is 419 g/mol. The van der Waals surface area contributed by atoms with Crippen molar-refractivity contribution >= 4 is 11.9 Å². The Morgan fingerprint density at radius 1 is 1.30 bits per heavy atom. The second-order valence-corrected chi connectivity index (χ2v) is 9.49. The van der Waals surface area contributed by atoms with Crippen LogP contribution in [-0.2, 0) is 11.3 Å². The zero-order chi connectivity index (χ0) is 22.1. The van der Waals surface area contributed by atoms with Crippen molar-refractivity contribution in [3.8, 4) is 5.75 Å². The Morgan fingerprint density at radius 2 is 1.97 bits per heavy atom. The van der Waals surface area contributed by atoms with E-state index < -0.39 is 11.4 Å². The molecule has 0 radical (unpaired) electrons. The van der Waals surface area contributed by atoms with E-state index in [0.717, 1.165) is 24.8 Å². The number of carbonyl (C=O) groups excluding carboxylic acids is 2. The van der Waals surface area contributed by atoms with Crippen LogP contribution in [0, 0.1) is 17.2 Å². The SMILES string of the molecule is CCC(C)(C)C1CCC2(CC1)NC(=O)N(CN(C)Cc1ccc(OC)c(F)c1)C2=O. The molecule has 1 aromatic rings. The van der Waals surface area contributed by atoms with Gasteiger partial charge in [-0.3, -0.25) is 9.69 Å². The molecule has 1 heterocycles. The van der Waals surface area contributed by atoms with Gasteiger partial charge >= 0.3 is 6.03 Å². The summed E-state index contributed by atoms with van der Waals surface area (Å²) in [6.45, 7) is 7.36. The van der Waals surface area contributed by atoms with Crippen LogP contribution in [0.15, 0.2) is 18.2 Å². The van der Waals surface area contributed by atoms with Crippen molar-refractivity contribution in [1.29, 1.82) is 0 Å². The van der Waals surface area contributed by atoms with E-state index in [2.05, 4.69) is 26.1 Å². The topological polar surface area (TPSA) is 61.9 Å². The van der Waals surface area contributed by atoms with Gasteiger partial charge in [-0.1, -0.05) is 33.3 Å². The van der Waals surface area contributed by atoms with Gasteiger partial charge < -0.3 is 10.1 Å². The number of hydrogen-bond donors (Lipinski definition) is 1. The van der Waals surface area contributed by atoms with Gasteiger partial charge in [-0.2, -0.15) is 0 Å². The molecular formula is C23H34FN3O3. The lowest BCUT2D eigenvalue weighted by atomic mass is 9.65. The molecule has 0 unspecified atom stereocenters. The summed E-state index contributed by atoms with van der Waals surface area (Å²) in [4.78, 5) is 28.9. The number of benzene rings is 1. The van der Waals surface area contributed by atoms with Crippen LogP contribution in [0.4, 0.5) is 9.18 Å². The molecule has 2 fully saturated rings. The first-order valence-corrected chi connectivity index (χ1v) is 10.8. The third-order valence-corrected chi connectivity index (χ3v) is 7.15. The second kappa shape index (κ2) is 8.53. The molecule has 0 bridgehead atoms. The number of rotatable bonds is 7. The van der Waals surface area contributed by atoms with E-state index in [1.807, 2.05) is 11.9 Å². The van der Waals surface area contributed by atoms with Gasteiger partial charge in [0.25, 0.3) is 5.91 Å². The fourth-order valence-electron chi connectivity index (χ4n) is 4.74. The van der Waals surface area contributed by atoms with Crippen molar-refractivity contribution in [2.24, 2.45) is 11.3 Å². The van der Waals surface area contributed by atoms with Gasteiger partial charge in [0.2, 0.25) is 0 Å². The number of hydrogen-bond acceptors (Lipinski definition) is 4. The van der Waals surface area contributed by atoms with E-state index in [1.165, 1.54) is 18.1 Å². The number of imide groups is 1. The van der Waals surface area contributed by atoms with Crippen LogP contribution in [0.25, 0.3) is 0 Å². The Bertz CT molecular complexity index is 803. The van der Waals surface area contributed by atoms with E-state index in [-0.39, 0.29) is 29.8 Å². The molecule has 1 aromatic carbocycles. The average Bonchev–Trinajstić information content (AvgIpc) is 2.92. The highest BCUT2D eigenvalue weighted by Crippen LogP contribution is 2.45. The van der Waals surface area contributed by atoms with Crippen LogP contribution in [0.1, 0.15) is 58.4 Å². The van der Waals surface area contributed by atoms with Gasteiger partial charge in [0, 0.05) is 6.54 Å². The molecule has 1 aliphatic heterocycles. The number of halogens is 1. The molecule has 30 heavy (non-hydrogen) atoms. The predicted molar refractivity (Wildman–Crippen MR) is 113 cm³/mol. The van der Waals surface area contributed by atoms with Gasteiger partial charge in [-0.05, 0) is 61.8 Å². The first-order chi connectivity index (χ1) is 14.1. The smallest absolute Gasteiger partial charge is 0.326 e. The standard InChI is InChI=1S/C23H34FN3O3/c1-6-22(2,3)17-9-11-23(12-10-17)20(28)27(21(29)25-23)15-26(4)14-16-7-8-19(30-5)18(24)13-16/h7-8,13,17H,6,9-12,14-15H2,1-5H3,(H,25,29). The maximum Gasteiger partial charge on any atom is 0.326 e. The molecule has 1 saturated carbocycles. The quantitative estimate of drug-likeness (QED) is 0.675. The van der Waals surface area contributed by atoms with Crippen LogP contribution in [0.2, 0.25) is 0 Å². The summed E-state index contributed by atoms with van der Waals surface area (Å²) in [6, 6.07) is 4.44. The third-order valence-electron chi connectivity index (χ3n) is 7.15. The highest BCUT2D eigenvalue weighted by atomic mass is 19.1. The molecular weight excluding hydrogens is 385 g/mol. The van der Waals surface area contributed by atoms with Gasteiger partial charge in [-0.25, -0.2) is 14.1 Å². The van der Waals surface area contributed by atoms with Crippen LogP contribution >= 0.6 is 0 Å². The molecule has 1 saturated heterocycles. The maximum absolute atomic E-state index is 13.9. The first-order valence-electron chi connectivity index (χ1n) is 10.8. The Morgan fingerprint density at radius 3 is 2.53 bits per heavy atom. The molecule has 6 nitrogen and oxygen atoms in total. The molecule has 0 atom stereocenters. The van der Waals surface area contributed by atoms with Crippen molar-refractivity contribution < 1.29 is 18.7 Å². The number of amides is 3. The third kappa shape index (κ3) is 4.31. The molecule has 1 spiro atoms. The zero-order valence-corrected chi connectivity index (χ0v) is 18.8. The molecule has 166 valence electrons. The van der Waals surface area contributed by atoms with Gasteiger partial charge in [0.15, 0.2) is 11.6 Å². The molecule has 7 heteroatoms. The van der Waals surface area contributed by atoms with E-state index in [4.69, 9.17) is 4.74 Å². The minimum absolute atomic E-state index is 0.131. The van der Waals surface area contributed by atoms with E-state index >= 15 is 0 Å². The Balaban J connectivity index is 1.62. The number of urea groups is 1. The Labute approximate surface area is 178 Å². The molecule has 1 N–H and O–H groups in total. The minimum Gasteiger partial charge on any atom is -0.494 e. The normalized spacial score (nSPS) is 24.6. The summed E-state index contributed by atoms with van der Waals surface area (Å²) >= 11 is 0. The highest BCUT2D eigenvalue weighted by Gasteiger charge is 2.53. The van der Waals surface area contributed by atoms with E-state index in [0.29, 0.717) is 25.3 Å². The summed E-state index contributed by atoms with van der Waals surface area (Å²) in [6.07, 6.45) is 4.38. The zero-order valence-electron chi connectivity index (χ0n) is 18.8. The summed E-state index contributed by atoms with van der Waals surface area (Å²) in [5.74, 6) is 0.205. The molecule has 0 aromatic heterocycles. The second-order valence-electron chi connectivity index (χ2n) is 9.49. The fraction of sp³-hybridized carbons (Fsp3) is 0.652. The van der Waals surface area contributed by atoms with Crippen LogP contribution in [0.3, 0.4) is 0 Å². The van der Waals surface area contributed by atoms with Crippen molar-refractivity contribution in [1.82, 2.24) is 15.1 Å². The van der Waals surface area contributed by atoms with Crippen molar-refractivity contribution in [3.05, 3.63) is 29.6 Å². The predicted octanol–water partition coefficient (Wildman–Crippen LogP) is 4.14. The molecule has 1 aliphatic carbocycles. The first kappa shape index (κ1) is 22.5. The van der Waals surface area contributed by atoms with Crippen LogP contribution in [0.5, 0.6) is 5.75 Å². The Hall–Kier alpha value is -2.15. The number of methoxy groups -OCH3 is 1. The van der Waals surface area contributed by atoms with Gasteiger partial charge in [0.05, 0.1) is 13.8 Å². The van der Waals surface area contributed by atoms with Gasteiger partial charge in [0.1, 0.15) is 5.54 Å². The number of nitrogens with zero attached hydrogens (tertiary/aromatic N) is 2. The lowest BCUT2D eigenvalue weighted by molar-refractivity contribution is -0.134. The lowest BCUT2D eigenvalue weighted by Gasteiger charge is -2.42. The van der Waals surface area contributed by atoms with Crippen LogP contribution < -0.4 is 10.1 Å². The average molecular weight is 420 g/mol. The largest absolute Gasteiger partial charge is 0.494 e. The van der Waals surface area contributed by atoms with Crippen LogP contribution in [-0.4, -0.2) is 48.1 Å². The molecule has 3 amide bonds. The number of ether oxygens (including phenoxy) is 1. The summed E-state index contributed by atoms with van der Waals surface area (Å²) in [5.41, 5.74) is 0.241. The summed E-state index contributed by atoms with van der Waals surface area (Å²) in [5, 5.41) is 2.99. The molecule has 3 rings (SSSR count). The number of nitrogens with one attached hydrogen (secondary N) is 1. The van der Waals surface area contributed by atoms with Crippen molar-refractivity contribution in [2.75, 3.05) is 20.8 Å².